The minimum Gasteiger partial charge on any atom is -0.316 e. The van der Waals surface area contributed by atoms with Crippen molar-refractivity contribution < 1.29 is 4.39 Å². The summed E-state index contributed by atoms with van der Waals surface area (Å²) in [6, 6.07) is 7.24. The molecule has 0 amide bonds. The minimum absolute atomic E-state index is 0.0941. The second-order valence-electron chi connectivity index (χ2n) is 6.03. The number of rotatable bonds is 6. The lowest BCUT2D eigenvalue weighted by atomic mass is 9.94. The van der Waals surface area contributed by atoms with Crippen LogP contribution in [0.2, 0.25) is 0 Å². The van der Waals surface area contributed by atoms with Crippen LogP contribution < -0.4 is 5.32 Å². The van der Waals surface area contributed by atoms with Gasteiger partial charge >= 0.3 is 0 Å². The standard InChI is InChI=1S/C17H27FN2/c1-14(16-9-3-4-10-17(16)18)20(2)12-6-8-15-7-5-11-19-13-15/h3-4,9-10,14-15,19H,5-8,11-13H2,1-2H3. The van der Waals surface area contributed by atoms with Crippen LogP contribution in [0.15, 0.2) is 24.3 Å². The topological polar surface area (TPSA) is 15.3 Å². The van der Waals surface area contributed by atoms with Crippen molar-refractivity contribution >= 4 is 0 Å². The van der Waals surface area contributed by atoms with Crippen molar-refractivity contribution in [2.45, 2.75) is 38.6 Å². The Kier molecular flexibility index (Phi) is 5.99. The molecule has 1 aromatic carbocycles. The molecule has 1 fully saturated rings. The van der Waals surface area contributed by atoms with Gasteiger partial charge in [-0.15, -0.1) is 0 Å². The van der Waals surface area contributed by atoms with Crippen LogP contribution in [-0.4, -0.2) is 31.6 Å². The summed E-state index contributed by atoms with van der Waals surface area (Å²) in [5.74, 6) is 0.740. The highest BCUT2D eigenvalue weighted by Gasteiger charge is 2.16. The van der Waals surface area contributed by atoms with Crippen molar-refractivity contribution in [3.8, 4) is 0 Å². The first-order chi connectivity index (χ1) is 9.68. The van der Waals surface area contributed by atoms with Gasteiger partial charge < -0.3 is 5.32 Å². The maximum absolute atomic E-state index is 13.8. The van der Waals surface area contributed by atoms with E-state index in [1.807, 2.05) is 12.1 Å². The average Bonchev–Trinajstić information content (AvgIpc) is 2.48. The van der Waals surface area contributed by atoms with Crippen molar-refractivity contribution in [2.75, 3.05) is 26.7 Å². The number of halogens is 1. The van der Waals surface area contributed by atoms with Gasteiger partial charge in [0.1, 0.15) is 5.82 Å². The molecule has 3 heteroatoms. The summed E-state index contributed by atoms with van der Waals surface area (Å²) < 4.78 is 13.8. The van der Waals surface area contributed by atoms with Crippen molar-refractivity contribution in [2.24, 2.45) is 5.92 Å². The molecule has 0 spiro atoms. The summed E-state index contributed by atoms with van der Waals surface area (Å²) in [6.45, 7) is 5.47. The van der Waals surface area contributed by atoms with E-state index in [1.54, 1.807) is 12.1 Å². The van der Waals surface area contributed by atoms with Crippen LogP contribution in [0.4, 0.5) is 4.39 Å². The molecule has 0 bridgehead atoms. The Morgan fingerprint density at radius 1 is 1.40 bits per heavy atom. The Balaban J connectivity index is 1.76. The fourth-order valence-corrected chi connectivity index (χ4v) is 3.04. The molecule has 1 aromatic rings. The molecule has 1 N–H and O–H groups in total. The van der Waals surface area contributed by atoms with Crippen molar-refractivity contribution in [3.63, 3.8) is 0 Å². The van der Waals surface area contributed by atoms with Crippen LogP contribution in [0.3, 0.4) is 0 Å². The monoisotopic (exact) mass is 278 g/mol. The third-order valence-corrected chi connectivity index (χ3v) is 4.54. The molecule has 2 atom stereocenters. The van der Waals surface area contributed by atoms with E-state index in [0.717, 1.165) is 18.0 Å². The molecule has 0 aliphatic carbocycles. The molecule has 0 saturated carbocycles. The first-order valence-electron chi connectivity index (χ1n) is 7.84. The van der Waals surface area contributed by atoms with Crippen molar-refractivity contribution in [1.82, 2.24) is 10.2 Å². The van der Waals surface area contributed by atoms with Crippen LogP contribution in [0.25, 0.3) is 0 Å². The highest BCUT2D eigenvalue weighted by atomic mass is 19.1. The van der Waals surface area contributed by atoms with E-state index in [1.165, 1.54) is 38.8 Å². The average molecular weight is 278 g/mol. The molecule has 20 heavy (non-hydrogen) atoms. The van der Waals surface area contributed by atoms with Gasteiger partial charge in [0.15, 0.2) is 0 Å². The molecule has 0 aromatic heterocycles. The quantitative estimate of drug-likeness (QED) is 0.855. The van der Waals surface area contributed by atoms with Crippen LogP contribution in [0.1, 0.15) is 44.2 Å². The molecule has 1 aliphatic heterocycles. The number of hydrogen-bond acceptors (Lipinski definition) is 2. The predicted octanol–water partition coefficient (Wildman–Crippen LogP) is 3.60. The van der Waals surface area contributed by atoms with Crippen molar-refractivity contribution in [1.29, 1.82) is 0 Å². The van der Waals surface area contributed by atoms with Gasteiger partial charge in [-0.25, -0.2) is 4.39 Å². The summed E-state index contributed by atoms with van der Waals surface area (Å²) in [6.07, 6.45) is 5.15. The Morgan fingerprint density at radius 2 is 2.20 bits per heavy atom. The molecule has 2 unspecified atom stereocenters. The van der Waals surface area contributed by atoms with Crippen LogP contribution in [0.5, 0.6) is 0 Å². The summed E-state index contributed by atoms with van der Waals surface area (Å²) in [5.41, 5.74) is 0.800. The van der Waals surface area contributed by atoms with E-state index in [2.05, 4.69) is 24.2 Å². The number of nitrogens with zero attached hydrogens (tertiary/aromatic N) is 1. The number of benzene rings is 1. The maximum atomic E-state index is 13.8. The number of piperidine rings is 1. The number of nitrogens with one attached hydrogen (secondary N) is 1. The van der Waals surface area contributed by atoms with Crippen molar-refractivity contribution in [3.05, 3.63) is 35.6 Å². The highest BCUT2D eigenvalue weighted by Crippen LogP contribution is 2.23. The van der Waals surface area contributed by atoms with Gasteiger partial charge in [-0.05, 0) is 71.3 Å². The first kappa shape index (κ1) is 15.5. The number of hydrogen-bond donors (Lipinski definition) is 1. The highest BCUT2D eigenvalue weighted by molar-refractivity contribution is 5.20. The molecule has 1 saturated heterocycles. The summed E-state index contributed by atoms with van der Waals surface area (Å²) >= 11 is 0. The van der Waals surface area contributed by atoms with E-state index in [9.17, 15) is 4.39 Å². The molecule has 2 nitrogen and oxygen atoms in total. The van der Waals surface area contributed by atoms with E-state index in [-0.39, 0.29) is 11.9 Å². The van der Waals surface area contributed by atoms with Gasteiger partial charge in [0.2, 0.25) is 0 Å². The lowest BCUT2D eigenvalue weighted by molar-refractivity contribution is 0.238. The Labute approximate surface area is 122 Å². The van der Waals surface area contributed by atoms with Crippen LogP contribution >= 0.6 is 0 Å². The Bertz CT molecular complexity index is 402. The zero-order valence-corrected chi connectivity index (χ0v) is 12.7. The summed E-state index contributed by atoms with van der Waals surface area (Å²) in [7, 11) is 2.09. The summed E-state index contributed by atoms with van der Waals surface area (Å²) in [4.78, 5) is 2.26. The van der Waals surface area contributed by atoms with Gasteiger partial charge in [-0.1, -0.05) is 18.2 Å². The molecule has 0 radical (unpaired) electrons. The summed E-state index contributed by atoms with van der Waals surface area (Å²) in [5, 5.41) is 3.47. The molecule has 1 aliphatic rings. The maximum Gasteiger partial charge on any atom is 0.127 e. The van der Waals surface area contributed by atoms with Gasteiger partial charge in [-0.2, -0.15) is 0 Å². The smallest absolute Gasteiger partial charge is 0.127 e. The third kappa shape index (κ3) is 4.29. The molecular formula is C17H27FN2. The largest absolute Gasteiger partial charge is 0.316 e. The predicted molar refractivity (Wildman–Crippen MR) is 82.3 cm³/mol. The van der Waals surface area contributed by atoms with Crippen LogP contribution in [0, 0.1) is 11.7 Å². The zero-order chi connectivity index (χ0) is 14.4. The Hall–Kier alpha value is -0.930. The van der Waals surface area contributed by atoms with Crippen LogP contribution in [-0.2, 0) is 0 Å². The van der Waals surface area contributed by atoms with Gasteiger partial charge in [0, 0.05) is 11.6 Å². The lowest BCUT2D eigenvalue weighted by Crippen LogP contribution is -2.30. The van der Waals surface area contributed by atoms with Gasteiger partial charge in [-0.3, -0.25) is 4.90 Å². The second kappa shape index (κ2) is 7.75. The lowest BCUT2D eigenvalue weighted by Gasteiger charge is -2.27. The fraction of sp³-hybridized carbons (Fsp3) is 0.647. The molecule has 112 valence electrons. The van der Waals surface area contributed by atoms with Gasteiger partial charge in [0.05, 0.1) is 0 Å². The van der Waals surface area contributed by atoms with Gasteiger partial charge in [0.25, 0.3) is 0 Å². The Morgan fingerprint density at radius 3 is 2.90 bits per heavy atom. The minimum atomic E-state index is -0.0941. The molecule has 1 heterocycles. The second-order valence-corrected chi connectivity index (χ2v) is 6.03. The normalized spacial score (nSPS) is 21.1. The fourth-order valence-electron chi connectivity index (χ4n) is 3.04. The third-order valence-electron chi connectivity index (χ3n) is 4.54. The van der Waals surface area contributed by atoms with E-state index in [0.29, 0.717) is 0 Å². The van der Waals surface area contributed by atoms with E-state index in [4.69, 9.17) is 0 Å². The molecular weight excluding hydrogens is 251 g/mol. The zero-order valence-electron chi connectivity index (χ0n) is 12.7. The van der Waals surface area contributed by atoms with E-state index < -0.39 is 0 Å². The SMILES string of the molecule is CC(c1ccccc1F)N(C)CCCC1CCCNC1. The van der Waals surface area contributed by atoms with E-state index >= 15 is 0 Å². The first-order valence-corrected chi connectivity index (χ1v) is 7.84. The molecule has 2 rings (SSSR count).